The number of phenolic OH excluding ortho intramolecular Hbond substituents is 1. The highest BCUT2D eigenvalue weighted by molar-refractivity contribution is 7.98. The Balaban J connectivity index is 2.35. The molecule has 2 unspecified atom stereocenters. The Bertz CT molecular complexity index is 1040. The van der Waals surface area contributed by atoms with Crippen LogP contribution in [0, 0.1) is 6.92 Å². The third-order valence-corrected chi connectivity index (χ3v) is 6.10. The molecule has 3 amide bonds. The molecule has 0 fully saturated rings. The molecule has 0 aliphatic heterocycles. The number of para-hydroxylation sites is 1. The van der Waals surface area contributed by atoms with Crippen LogP contribution in [0.2, 0.25) is 0 Å². The highest BCUT2D eigenvalue weighted by Gasteiger charge is 2.35. The molecule has 0 heterocycles. The number of carbonyl (C=O) groups is 3. The summed E-state index contributed by atoms with van der Waals surface area (Å²) in [6.07, 6.45) is 1.55. The number of alkyl carbamates (subject to hydrolysis) is 1. The summed E-state index contributed by atoms with van der Waals surface area (Å²) in [4.78, 5) is 40.8. The second-order valence-electron chi connectivity index (χ2n) is 9.55. The molecule has 0 saturated heterocycles. The van der Waals surface area contributed by atoms with Crippen LogP contribution in [-0.4, -0.2) is 58.6 Å². The van der Waals surface area contributed by atoms with Crippen molar-refractivity contribution in [2.45, 2.75) is 58.3 Å². The summed E-state index contributed by atoms with van der Waals surface area (Å²) in [5.74, 6) is -0.356. The molecule has 2 rings (SSSR count). The Morgan fingerprint density at radius 1 is 1.08 bits per heavy atom. The van der Waals surface area contributed by atoms with E-state index in [4.69, 9.17) is 4.74 Å². The van der Waals surface area contributed by atoms with E-state index in [1.54, 1.807) is 45.9 Å². The first-order valence-corrected chi connectivity index (χ1v) is 13.2. The van der Waals surface area contributed by atoms with Crippen molar-refractivity contribution in [2.24, 2.45) is 0 Å². The van der Waals surface area contributed by atoms with Crippen LogP contribution in [0.4, 0.5) is 4.79 Å². The molecule has 0 bridgehead atoms. The Labute approximate surface area is 217 Å². The lowest BCUT2D eigenvalue weighted by molar-refractivity contribution is -0.141. The Kier molecular flexibility index (Phi) is 10.6. The van der Waals surface area contributed by atoms with Crippen molar-refractivity contribution in [3.63, 3.8) is 0 Å². The van der Waals surface area contributed by atoms with Gasteiger partial charge in [-0.1, -0.05) is 48.5 Å². The number of aromatic hydroxyl groups is 1. The number of rotatable bonds is 10. The predicted molar refractivity (Wildman–Crippen MR) is 143 cm³/mol. The highest BCUT2D eigenvalue weighted by atomic mass is 32.2. The molecule has 0 aliphatic carbocycles. The van der Waals surface area contributed by atoms with E-state index in [2.05, 4.69) is 10.6 Å². The number of aryl methyl sites for hydroxylation is 1. The number of likely N-dealkylation sites (N-methyl/N-ethyl adjacent to an activating group) is 1. The number of amides is 3. The molecule has 0 radical (unpaired) electrons. The molecule has 2 atom stereocenters. The summed E-state index contributed by atoms with van der Waals surface area (Å²) in [5.41, 5.74) is 1.06. The smallest absolute Gasteiger partial charge is 0.408 e. The molecular weight excluding hydrogens is 478 g/mol. The summed E-state index contributed by atoms with van der Waals surface area (Å²) in [6.45, 7) is 7.21. The van der Waals surface area contributed by atoms with Gasteiger partial charge in [0.2, 0.25) is 11.8 Å². The van der Waals surface area contributed by atoms with E-state index >= 15 is 0 Å². The number of hydrogen-bond acceptors (Lipinski definition) is 6. The predicted octanol–water partition coefficient (Wildman–Crippen LogP) is 4.16. The van der Waals surface area contributed by atoms with Crippen LogP contribution < -0.4 is 10.6 Å². The monoisotopic (exact) mass is 515 g/mol. The highest BCUT2D eigenvalue weighted by Crippen LogP contribution is 2.31. The molecule has 2 aromatic rings. The van der Waals surface area contributed by atoms with Gasteiger partial charge < -0.3 is 25.4 Å². The first kappa shape index (κ1) is 29.0. The maximum absolute atomic E-state index is 13.6. The molecule has 8 nitrogen and oxygen atoms in total. The first-order valence-electron chi connectivity index (χ1n) is 11.8. The Morgan fingerprint density at radius 2 is 1.75 bits per heavy atom. The van der Waals surface area contributed by atoms with Gasteiger partial charge in [0.05, 0.1) is 0 Å². The van der Waals surface area contributed by atoms with Gasteiger partial charge in [0, 0.05) is 19.2 Å². The first-order chi connectivity index (χ1) is 16.9. The van der Waals surface area contributed by atoms with Gasteiger partial charge in [-0.3, -0.25) is 9.59 Å². The fourth-order valence-corrected chi connectivity index (χ4v) is 4.10. The van der Waals surface area contributed by atoms with Crippen LogP contribution in [0.25, 0.3) is 0 Å². The van der Waals surface area contributed by atoms with E-state index in [9.17, 15) is 19.5 Å². The van der Waals surface area contributed by atoms with E-state index in [1.807, 2.05) is 36.6 Å². The minimum absolute atomic E-state index is 0.0576. The lowest BCUT2D eigenvalue weighted by atomic mass is 9.99. The van der Waals surface area contributed by atoms with Gasteiger partial charge in [-0.2, -0.15) is 11.8 Å². The van der Waals surface area contributed by atoms with Gasteiger partial charge in [0.25, 0.3) is 0 Å². The SMILES string of the molecule is CSCCC(NC(=O)OC(C)(C)C)C(=O)N(C)C(C(=O)NCc1ccccc1)c1cccc(C)c1O. The van der Waals surface area contributed by atoms with Gasteiger partial charge in [-0.05, 0) is 57.3 Å². The number of ether oxygens (including phenoxy) is 1. The number of nitrogens with one attached hydrogen (secondary N) is 2. The molecule has 0 aromatic heterocycles. The van der Waals surface area contributed by atoms with Crippen molar-refractivity contribution in [3.8, 4) is 5.75 Å². The topological polar surface area (TPSA) is 108 Å². The van der Waals surface area contributed by atoms with Crippen molar-refractivity contribution < 1.29 is 24.2 Å². The number of phenols is 1. The summed E-state index contributed by atoms with van der Waals surface area (Å²) in [7, 11) is 1.50. The number of carbonyl (C=O) groups excluding carboxylic acids is 3. The van der Waals surface area contributed by atoms with E-state index in [-0.39, 0.29) is 12.3 Å². The van der Waals surface area contributed by atoms with Crippen molar-refractivity contribution in [1.82, 2.24) is 15.5 Å². The van der Waals surface area contributed by atoms with Crippen LogP contribution in [0.1, 0.15) is 49.9 Å². The Hall–Kier alpha value is -3.20. The maximum Gasteiger partial charge on any atom is 0.408 e. The third kappa shape index (κ3) is 8.48. The molecule has 0 saturated carbocycles. The summed E-state index contributed by atoms with van der Waals surface area (Å²) in [6, 6.07) is 12.5. The zero-order valence-corrected chi connectivity index (χ0v) is 22.6. The van der Waals surface area contributed by atoms with Crippen LogP contribution >= 0.6 is 11.8 Å². The molecular formula is C27H37N3O5S. The van der Waals surface area contributed by atoms with Gasteiger partial charge in [0.15, 0.2) is 0 Å². The third-order valence-electron chi connectivity index (χ3n) is 5.46. The summed E-state index contributed by atoms with van der Waals surface area (Å²) in [5, 5.41) is 16.3. The van der Waals surface area contributed by atoms with Crippen molar-refractivity contribution >= 4 is 29.7 Å². The molecule has 2 aromatic carbocycles. The standard InChI is InChI=1S/C27H37N3O5S/c1-18-11-10-14-20(23(18)31)22(24(32)28-17-19-12-8-7-9-13-19)30(5)25(33)21(15-16-36-6)29-26(34)35-27(2,3)4/h7-14,21-22,31H,15-17H2,1-6H3,(H,28,32)(H,29,34). The summed E-state index contributed by atoms with van der Waals surface area (Å²) < 4.78 is 5.35. The molecule has 0 aliphatic rings. The van der Waals surface area contributed by atoms with Gasteiger partial charge in [-0.25, -0.2) is 4.79 Å². The normalized spacial score (nSPS) is 12.8. The van der Waals surface area contributed by atoms with E-state index < -0.39 is 35.6 Å². The minimum atomic E-state index is -1.11. The zero-order chi connectivity index (χ0) is 26.9. The lowest BCUT2D eigenvalue weighted by Crippen LogP contribution is -2.51. The second kappa shape index (κ2) is 13.2. The van der Waals surface area contributed by atoms with Crippen LogP contribution in [-0.2, 0) is 20.9 Å². The number of thioether (sulfide) groups is 1. The van der Waals surface area contributed by atoms with E-state index in [0.717, 1.165) is 5.56 Å². The minimum Gasteiger partial charge on any atom is -0.507 e. The van der Waals surface area contributed by atoms with Gasteiger partial charge >= 0.3 is 6.09 Å². The zero-order valence-electron chi connectivity index (χ0n) is 21.8. The number of benzene rings is 2. The number of hydrogen-bond donors (Lipinski definition) is 3. The maximum atomic E-state index is 13.6. The van der Waals surface area contributed by atoms with Crippen molar-refractivity contribution in [2.75, 3.05) is 19.1 Å². The van der Waals surface area contributed by atoms with Gasteiger partial charge in [-0.15, -0.1) is 0 Å². The fourth-order valence-electron chi connectivity index (χ4n) is 3.63. The largest absolute Gasteiger partial charge is 0.507 e. The fraction of sp³-hybridized carbons (Fsp3) is 0.444. The van der Waals surface area contributed by atoms with E-state index in [0.29, 0.717) is 23.3 Å². The quantitative estimate of drug-likeness (QED) is 0.439. The van der Waals surface area contributed by atoms with Crippen molar-refractivity contribution in [3.05, 3.63) is 65.2 Å². The molecule has 0 spiro atoms. The molecule has 196 valence electrons. The summed E-state index contributed by atoms with van der Waals surface area (Å²) >= 11 is 1.54. The average Bonchev–Trinajstić information content (AvgIpc) is 2.82. The second-order valence-corrected chi connectivity index (χ2v) is 10.5. The van der Waals surface area contributed by atoms with Crippen LogP contribution in [0.15, 0.2) is 48.5 Å². The van der Waals surface area contributed by atoms with Crippen molar-refractivity contribution in [1.29, 1.82) is 0 Å². The molecule has 9 heteroatoms. The van der Waals surface area contributed by atoms with Gasteiger partial charge in [0.1, 0.15) is 23.4 Å². The average molecular weight is 516 g/mol. The Morgan fingerprint density at radius 3 is 2.36 bits per heavy atom. The molecule has 36 heavy (non-hydrogen) atoms. The number of nitrogens with zero attached hydrogens (tertiary/aromatic N) is 1. The van der Waals surface area contributed by atoms with Crippen LogP contribution in [0.3, 0.4) is 0 Å². The lowest BCUT2D eigenvalue weighted by Gasteiger charge is -2.32. The van der Waals surface area contributed by atoms with E-state index in [1.165, 1.54) is 23.7 Å². The molecule has 3 N–H and O–H groups in total. The van der Waals surface area contributed by atoms with Crippen LogP contribution in [0.5, 0.6) is 5.75 Å².